The second-order valence-electron chi connectivity index (χ2n) is 5.84. The Balaban J connectivity index is 1.73. The Bertz CT molecular complexity index is 808. The number of hydrogen-bond donors (Lipinski definition) is 4. The van der Waals surface area contributed by atoms with Crippen LogP contribution in [0.15, 0.2) is 40.2 Å². The van der Waals surface area contributed by atoms with Gasteiger partial charge in [-0.3, -0.25) is 20.1 Å². The first-order chi connectivity index (χ1) is 11.6. The van der Waals surface area contributed by atoms with Crippen molar-refractivity contribution < 1.29 is 4.79 Å². The summed E-state index contributed by atoms with van der Waals surface area (Å²) >= 11 is 0. The first-order valence-electron chi connectivity index (χ1n) is 7.77. The zero-order chi connectivity index (χ0) is 17.1. The second kappa shape index (κ2) is 6.81. The first-order valence-corrected chi connectivity index (χ1v) is 7.77. The lowest BCUT2D eigenvalue weighted by Gasteiger charge is -2.05. The van der Waals surface area contributed by atoms with Gasteiger partial charge in [0.05, 0.1) is 17.5 Å². The number of H-pyrrole nitrogens is 1. The molecule has 2 unspecified atom stereocenters. The summed E-state index contributed by atoms with van der Waals surface area (Å²) in [6.07, 6.45) is 2.06. The van der Waals surface area contributed by atoms with Crippen LogP contribution < -0.4 is 21.8 Å². The number of carbonyl (C=O) groups excluding carboxylic acids is 1. The van der Waals surface area contributed by atoms with Crippen LogP contribution >= 0.6 is 0 Å². The minimum absolute atomic E-state index is 0.217. The van der Waals surface area contributed by atoms with Crippen molar-refractivity contribution in [3.05, 3.63) is 51.9 Å². The average Bonchev–Trinajstić information content (AvgIpc) is 3.13. The summed E-state index contributed by atoms with van der Waals surface area (Å²) in [7, 11) is 0. The maximum atomic E-state index is 12.5. The largest absolute Gasteiger partial charge is 0.295 e. The number of aryl methyl sites for hydroxylation is 1. The quantitative estimate of drug-likeness (QED) is 0.475. The highest BCUT2D eigenvalue weighted by Crippen LogP contribution is 2.06. The number of hydrazone groups is 1. The van der Waals surface area contributed by atoms with Gasteiger partial charge in [0.25, 0.3) is 11.5 Å². The first kappa shape index (κ1) is 16.2. The number of carbonyl (C=O) groups is 1. The molecule has 4 N–H and O–H groups in total. The topological polar surface area (TPSA) is 103 Å². The molecular formula is C16H20N6O2. The summed E-state index contributed by atoms with van der Waals surface area (Å²) in [4.78, 5) is 24.4. The molecule has 1 aliphatic rings. The Kier molecular flexibility index (Phi) is 4.59. The van der Waals surface area contributed by atoms with Gasteiger partial charge in [0.1, 0.15) is 6.04 Å². The fourth-order valence-corrected chi connectivity index (χ4v) is 2.60. The number of nitrogens with zero attached hydrogens (tertiary/aromatic N) is 2. The summed E-state index contributed by atoms with van der Waals surface area (Å²) in [5.41, 5.74) is 9.94. The molecule has 0 saturated carbocycles. The van der Waals surface area contributed by atoms with Gasteiger partial charge in [0.15, 0.2) is 0 Å². The zero-order valence-electron chi connectivity index (χ0n) is 13.5. The van der Waals surface area contributed by atoms with E-state index in [9.17, 15) is 9.59 Å². The molecular weight excluding hydrogens is 308 g/mol. The van der Waals surface area contributed by atoms with Crippen LogP contribution in [-0.4, -0.2) is 34.0 Å². The third-order valence-electron chi connectivity index (χ3n) is 3.91. The molecule has 8 nitrogen and oxygen atoms in total. The van der Waals surface area contributed by atoms with Gasteiger partial charge in [0.2, 0.25) is 0 Å². The highest BCUT2D eigenvalue weighted by atomic mass is 16.2. The van der Waals surface area contributed by atoms with E-state index < -0.39 is 0 Å². The monoisotopic (exact) mass is 328 g/mol. The highest BCUT2D eigenvalue weighted by Gasteiger charge is 2.26. The lowest BCUT2D eigenvalue weighted by molar-refractivity contribution is -0.122. The van der Waals surface area contributed by atoms with Crippen molar-refractivity contribution in [2.24, 2.45) is 5.10 Å². The molecule has 126 valence electrons. The fraction of sp³-hybridized carbons (Fsp3) is 0.312. The van der Waals surface area contributed by atoms with E-state index in [0.29, 0.717) is 17.7 Å². The summed E-state index contributed by atoms with van der Waals surface area (Å²) < 4.78 is 1.45. The molecule has 8 heteroatoms. The normalized spacial score (nSPS) is 20.6. The Labute approximate surface area is 138 Å². The maximum absolute atomic E-state index is 12.5. The van der Waals surface area contributed by atoms with Gasteiger partial charge < -0.3 is 0 Å². The van der Waals surface area contributed by atoms with Crippen molar-refractivity contribution >= 4 is 12.1 Å². The lowest BCUT2D eigenvalue weighted by Crippen LogP contribution is -2.41. The van der Waals surface area contributed by atoms with Gasteiger partial charge in [-0.2, -0.15) is 5.10 Å². The number of rotatable bonds is 4. The molecule has 0 spiro atoms. The summed E-state index contributed by atoms with van der Waals surface area (Å²) in [6.45, 7) is 3.77. The minimum atomic E-state index is -0.328. The number of aromatic nitrogens is 2. The third kappa shape index (κ3) is 3.29. The molecule has 1 aromatic carbocycles. The van der Waals surface area contributed by atoms with Crippen molar-refractivity contribution in [1.29, 1.82) is 0 Å². The van der Waals surface area contributed by atoms with Crippen LogP contribution in [0.2, 0.25) is 0 Å². The molecule has 24 heavy (non-hydrogen) atoms. The van der Waals surface area contributed by atoms with E-state index in [1.54, 1.807) is 6.92 Å². The second-order valence-corrected chi connectivity index (χ2v) is 5.84. The van der Waals surface area contributed by atoms with E-state index in [2.05, 4.69) is 26.5 Å². The Morgan fingerprint density at radius 3 is 2.75 bits per heavy atom. The van der Waals surface area contributed by atoms with Crippen molar-refractivity contribution in [2.75, 3.05) is 0 Å². The van der Waals surface area contributed by atoms with Gasteiger partial charge in [-0.25, -0.2) is 15.5 Å². The van der Waals surface area contributed by atoms with Gasteiger partial charge in [-0.15, -0.1) is 0 Å². The Morgan fingerprint density at radius 2 is 2.08 bits per heavy atom. The Morgan fingerprint density at radius 1 is 1.33 bits per heavy atom. The van der Waals surface area contributed by atoms with E-state index in [1.165, 1.54) is 10.9 Å². The van der Waals surface area contributed by atoms with E-state index >= 15 is 0 Å². The number of amides is 1. The number of hydrazine groups is 1. The number of para-hydroxylation sites is 1. The molecule has 1 amide bonds. The van der Waals surface area contributed by atoms with Gasteiger partial charge in [0, 0.05) is 11.7 Å². The van der Waals surface area contributed by atoms with Gasteiger partial charge in [-0.05, 0) is 32.4 Å². The average molecular weight is 328 g/mol. The van der Waals surface area contributed by atoms with Crippen LogP contribution in [0.1, 0.15) is 24.6 Å². The minimum Gasteiger partial charge on any atom is -0.295 e. The maximum Gasteiger partial charge on any atom is 0.280 e. The highest BCUT2D eigenvalue weighted by molar-refractivity contribution is 5.85. The molecule has 1 saturated heterocycles. The predicted molar refractivity (Wildman–Crippen MR) is 91.0 cm³/mol. The molecule has 2 atom stereocenters. The number of hydrogen-bond acceptors (Lipinski definition) is 5. The zero-order valence-corrected chi connectivity index (χ0v) is 13.5. The van der Waals surface area contributed by atoms with Crippen LogP contribution in [0.25, 0.3) is 5.69 Å². The van der Waals surface area contributed by atoms with Crippen LogP contribution in [0.4, 0.5) is 0 Å². The number of aromatic amines is 1. The molecule has 2 aromatic rings. The van der Waals surface area contributed by atoms with Crippen LogP contribution in [0, 0.1) is 6.92 Å². The third-order valence-corrected chi connectivity index (χ3v) is 3.91. The molecule has 3 rings (SSSR count). The molecule has 2 heterocycles. The van der Waals surface area contributed by atoms with Crippen LogP contribution in [-0.2, 0) is 4.79 Å². The summed E-state index contributed by atoms with van der Waals surface area (Å²) in [6, 6.07) is 9.17. The molecule has 0 bridgehead atoms. The van der Waals surface area contributed by atoms with Crippen molar-refractivity contribution in [1.82, 2.24) is 26.1 Å². The van der Waals surface area contributed by atoms with Crippen molar-refractivity contribution in [3.8, 4) is 5.69 Å². The predicted octanol–water partition coefficient (Wildman–Crippen LogP) is 0.179. The molecule has 1 aromatic heterocycles. The molecule has 0 radical (unpaired) electrons. The molecule has 0 aliphatic carbocycles. The van der Waals surface area contributed by atoms with Crippen molar-refractivity contribution in [3.63, 3.8) is 0 Å². The van der Waals surface area contributed by atoms with Crippen LogP contribution in [0.3, 0.4) is 0 Å². The fourth-order valence-electron chi connectivity index (χ4n) is 2.60. The van der Waals surface area contributed by atoms with E-state index in [-0.39, 0.29) is 23.6 Å². The number of nitrogens with one attached hydrogen (secondary N) is 4. The number of benzene rings is 1. The van der Waals surface area contributed by atoms with Gasteiger partial charge in [-0.1, -0.05) is 18.2 Å². The summed E-state index contributed by atoms with van der Waals surface area (Å²) in [5.74, 6) is -0.236. The van der Waals surface area contributed by atoms with E-state index in [0.717, 1.165) is 5.69 Å². The SMILES string of the molecule is Cc1[nH]n(-c2ccccc2)c(=O)c1/C=N/NC(=O)C1CC(C)NN1. The standard InChI is InChI=1S/C16H20N6O2/c1-10-8-14(19-18-10)15(23)20-17-9-13-11(2)21-22(16(13)24)12-6-4-3-5-7-12/h3-7,9-10,14,18-19,21H,8H2,1-2H3,(H,20,23)/b17-9+. The van der Waals surface area contributed by atoms with Gasteiger partial charge >= 0.3 is 0 Å². The van der Waals surface area contributed by atoms with Crippen molar-refractivity contribution in [2.45, 2.75) is 32.4 Å². The Hall–Kier alpha value is -2.71. The van der Waals surface area contributed by atoms with Crippen LogP contribution in [0.5, 0.6) is 0 Å². The lowest BCUT2D eigenvalue weighted by atomic mass is 10.1. The van der Waals surface area contributed by atoms with E-state index in [1.807, 2.05) is 37.3 Å². The molecule has 1 fully saturated rings. The smallest absolute Gasteiger partial charge is 0.280 e. The molecule has 1 aliphatic heterocycles. The van der Waals surface area contributed by atoms with E-state index in [4.69, 9.17) is 0 Å². The summed E-state index contributed by atoms with van der Waals surface area (Å²) in [5, 5.41) is 6.92.